The number of para-hydroxylation sites is 1. The van der Waals surface area contributed by atoms with Gasteiger partial charge in [0.05, 0.1) is 5.52 Å². The van der Waals surface area contributed by atoms with Gasteiger partial charge in [-0.15, -0.1) is 0 Å². The van der Waals surface area contributed by atoms with E-state index in [1.54, 1.807) is 4.90 Å². The summed E-state index contributed by atoms with van der Waals surface area (Å²) in [6.45, 7) is 1.35. The standard InChI is InChI=1S/C12H14N4O/c13-8-5-6-16(7-8)12(17)11-9-3-1-2-4-10(9)14-15-11/h1-4,8H,5-7,13H2,(H,14,15)/t8-/m0/s1. The van der Waals surface area contributed by atoms with Crippen LogP contribution in [0.15, 0.2) is 24.3 Å². The van der Waals surface area contributed by atoms with Crippen molar-refractivity contribution < 1.29 is 4.79 Å². The van der Waals surface area contributed by atoms with Crippen molar-refractivity contribution in [2.45, 2.75) is 12.5 Å². The molecule has 1 saturated heterocycles. The highest BCUT2D eigenvalue weighted by atomic mass is 16.2. The van der Waals surface area contributed by atoms with Crippen LogP contribution in [-0.4, -0.2) is 40.1 Å². The number of carbonyl (C=O) groups is 1. The molecule has 3 rings (SSSR count). The second-order valence-electron chi connectivity index (χ2n) is 4.42. The number of hydrogen-bond acceptors (Lipinski definition) is 3. The first-order chi connectivity index (χ1) is 8.25. The summed E-state index contributed by atoms with van der Waals surface area (Å²) in [5.74, 6) is -0.0320. The number of fused-ring (bicyclic) bond motifs is 1. The first-order valence-electron chi connectivity index (χ1n) is 5.73. The van der Waals surface area contributed by atoms with Gasteiger partial charge in [-0.3, -0.25) is 9.89 Å². The first-order valence-corrected chi connectivity index (χ1v) is 5.73. The highest BCUT2D eigenvalue weighted by Gasteiger charge is 2.26. The molecule has 5 nitrogen and oxygen atoms in total. The number of aromatic nitrogens is 2. The van der Waals surface area contributed by atoms with E-state index >= 15 is 0 Å². The molecule has 88 valence electrons. The third-order valence-electron chi connectivity index (χ3n) is 3.18. The molecule has 0 unspecified atom stereocenters. The third kappa shape index (κ3) is 1.68. The Bertz CT molecular complexity index is 562. The maximum absolute atomic E-state index is 12.3. The topological polar surface area (TPSA) is 75.0 Å². The molecule has 3 N–H and O–H groups in total. The van der Waals surface area contributed by atoms with Gasteiger partial charge < -0.3 is 10.6 Å². The molecule has 0 bridgehead atoms. The van der Waals surface area contributed by atoms with Crippen molar-refractivity contribution in [3.05, 3.63) is 30.0 Å². The van der Waals surface area contributed by atoms with E-state index in [2.05, 4.69) is 10.2 Å². The van der Waals surface area contributed by atoms with Crippen molar-refractivity contribution in [3.63, 3.8) is 0 Å². The van der Waals surface area contributed by atoms with E-state index in [0.717, 1.165) is 23.9 Å². The van der Waals surface area contributed by atoms with Crippen molar-refractivity contribution in [2.24, 2.45) is 5.73 Å². The van der Waals surface area contributed by atoms with Gasteiger partial charge in [-0.2, -0.15) is 5.10 Å². The molecule has 1 aliphatic rings. The summed E-state index contributed by atoms with van der Waals surface area (Å²) in [5.41, 5.74) is 7.19. The fraction of sp³-hybridized carbons (Fsp3) is 0.333. The van der Waals surface area contributed by atoms with Crippen LogP contribution < -0.4 is 5.73 Å². The average Bonchev–Trinajstić information content (AvgIpc) is 2.94. The number of benzene rings is 1. The van der Waals surface area contributed by atoms with E-state index in [-0.39, 0.29) is 11.9 Å². The normalized spacial score (nSPS) is 20.1. The molecule has 17 heavy (non-hydrogen) atoms. The minimum absolute atomic E-state index is 0.0320. The fourth-order valence-electron chi connectivity index (χ4n) is 2.25. The lowest BCUT2D eigenvalue weighted by Gasteiger charge is -2.13. The summed E-state index contributed by atoms with van der Waals surface area (Å²) in [6.07, 6.45) is 0.869. The SMILES string of the molecule is N[C@H]1CCN(C(=O)c2n[nH]c3ccccc23)C1. The van der Waals surface area contributed by atoms with E-state index < -0.39 is 0 Å². The smallest absolute Gasteiger partial charge is 0.275 e. The van der Waals surface area contributed by atoms with Gasteiger partial charge >= 0.3 is 0 Å². The molecule has 0 spiro atoms. The van der Waals surface area contributed by atoms with Crippen LogP contribution in [0, 0.1) is 0 Å². The molecule has 2 heterocycles. The number of carbonyl (C=O) groups excluding carboxylic acids is 1. The number of hydrogen-bond donors (Lipinski definition) is 2. The Balaban J connectivity index is 1.96. The van der Waals surface area contributed by atoms with Crippen LogP contribution in [0.4, 0.5) is 0 Å². The largest absolute Gasteiger partial charge is 0.336 e. The highest BCUT2D eigenvalue weighted by molar-refractivity contribution is 6.04. The summed E-state index contributed by atoms with van der Waals surface area (Å²) >= 11 is 0. The Morgan fingerprint density at radius 1 is 1.47 bits per heavy atom. The summed E-state index contributed by atoms with van der Waals surface area (Å²) in [7, 11) is 0. The van der Waals surface area contributed by atoms with Gasteiger partial charge in [0.15, 0.2) is 5.69 Å². The van der Waals surface area contributed by atoms with E-state index in [1.807, 2.05) is 24.3 Å². The van der Waals surface area contributed by atoms with E-state index in [4.69, 9.17) is 5.73 Å². The van der Waals surface area contributed by atoms with Crippen LogP contribution >= 0.6 is 0 Å². The van der Waals surface area contributed by atoms with Crippen LogP contribution in [0.5, 0.6) is 0 Å². The van der Waals surface area contributed by atoms with Crippen LogP contribution in [0.3, 0.4) is 0 Å². The van der Waals surface area contributed by atoms with Crippen molar-refractivity contribution in [1.29, 1.82) is 0 Å². The molecule has 1 fully saturated rings. The number of aromatic amines is 1. The molecule has 0 radical (unpaired) electrons. The van der Waals surface area contributed by atoms with Crippen LogP contribution in [-0.2, 0) is 0 Å². The van der Waals surface area contributed by atoms with Crippen LogP contribution in [0.25, 0.3) is 10.9 Å². The number of nitrogens with one attached hydrogen (secondary N) is 1. The molecule has 1 aromatic carbocycles. The molecule has 1 amide bonds. The summed E-state index contributed by atoms with van der Waals surface area (Å²) in [6, 6.07) is 7.74. The van der Waals surface area contributed by atoms with Gasteiger partial charge in [0.1, 0.15) is 0 Å². The van der Waals surface area contributed by atoms with Gasteiger partial charge in [0, 0.05) is 24.5 Å². The Hall–Kier alpha value is -1.88. The van der Waals surface area contributed by atoms with E-state index in [0.29, 0.717) is 12.2 Å². The second kappa shape index (κ2) is 3.85. The average molecular weight is 230 g/mol. The first kappa shape index (κ1) is 10.3. The number of likely N-dealkylation sites (tertiary alicyclic amines) is 1. The van der Waals surface area contributed by atoms with Gasteiger partial charge in [-0.25, -0.2) is 0 Å². The van der Waals surface area contributed by atoms with Gasteiger partial charge in [0.2, 0.25) is 0 Å². The van der Waals surface area contributed by atoms with Gasteiger partial charge in [-0.1, -0.05) is 18.2 Å². The zero-order chi connectivity index (χ0) is 11.8. The third-order valence-corrected chi connectivity index (χ3v) is 3.18. The minimum Gasteiger partial charge on any atom is -0.336 e. The zero-order valence-corrected chi connectivity index (χ0v) is 9.39. The molecular formula is C12H14N4O. The Morgan fingerprint density at radius 3 is 3.06 bits per heavy atom. The van der Waals surface area contributed by atoms with Gasteiger partial charge in [-0.05, 0) is 12.5 Å². The van der Waals surface area contributed by atoms with Gasteiger partial charge in [0.25, 0.3) is 5.91 Å². The Morgan fingerprint density at radius 2 is 2.29 bits per heavy atom. The molecule has 2 aromatic rings. The monoisotopic (exact) mass is 230 g/mol. The van der Waals surface area contributed by atoms with Crippen molar-refractivity contribution in [3.8, 4) is 0 Å². The second-order valence-corrected chi connectivity index (χ2v) is 4.42. The summed E-state index contributed by atoms with van der Waals surface area (Å²) in [5, 5.41) is 7.86. The van der Waals surface area contributed by atoms with E-state index in [1.165, 1.54) is 0 Å². The predicted octanol–water partition coefficient (Wildman–Crippen LogP) is 0.736. The Labute approximate surface area is 98.6 Å². The summed E-state index contributed by atoms with van der Waals surface area (Å²) < 4.78 is 0. The minimum atomic E-state index is -0.0320. The number of rotatable bonds is 1. The van der Waals surface area contributed by atoms with Crippen LogP contribution in [0.2, 0.25) is 0 Å². The molecule has 1 aromatic heterocycles. The van der Waals surface area contributed by atoms with Crippen LogP contribution in [0.1, 0.15) is 16.9 Å². The fourth-order valence-corrected chi connectivity index (χ4v) is 2.25. The number of amides is 1. The molecule has 5 heteroatoms. The number of nitrogens with two attached hydrogens (primary N) is 1. The molecule has 0 aliphatic carbocycles. The molecule has 0 saturated carbocycles. The number of nitrogens with zero attached hydrogens (tertiary/aromatic N) is 2. The van der Waals surface area contributed by atoms with Crippen molar-refractivity contribution >= 4 is 16.8 Å². The zero-order valence-electron chi connectivity index (χ0n) is 9.39. The summed E-state index contributed by atoms with van der Waals surface area (Å²) in [4.78, 5) is 14.0. The van der Waals surface area contributed by atoms with Crippen molar-refractivity contribution in [1.82, 2.24) is 15.1 Å². The maximum Gasteiger partial charge on any atom is 0.275 e. The molecular weight excluding hydrogens is 216 g/mol. The highest BCUT2D eigenvalue weighted by Crippen LogP contribution is 2.18. The lowest BCUT2D eigenvalue weighted by molar-refractivity contribution is 0.0787. The maximum atomic E-state index is 12.3. The molecule has 1 aliphatic heterocycles. The lowest BCUT2D eigenvalue weighted by Crippen LogP contribution is -2.32. The Kier molecular flexibility index (Phi) is 2.33. The predicted molar refractivity (Wildman–Crippen MR) is 64.6 cm³/mol. The number of H-pyrrole nitrogens is 1. The van der Waals surface area contributed by atoms with E-state index in [9.17, 15) is 4.79 Å². The molecule has 1 atom stereocenters. The quantitative estimate of drug-likeness (QED) is 0.758. The van der Waals surface area contributed by atoms with Crippen molar-refractivity contribution in [2.75, 3.05) is 13.1 Å². The lowest BCUT2D eigenvalue weighted by atomic mass is 10.2.